The molecule has 0 radical (unpaired) electrons. The number of nitrogens with zero attached hydrogens (tertiary/aromatic N) is 2. The fourth-order valence-corrected chi connectivity index (χ4v) is 4.78. The quantitative estimate of drug-likeness (QED) is 0.804. The zero-order chi connectivity index (χ0) is 19.6. The van der Waals surface area contributed by atoms with Crippen LogP contribution in [0.3, 0.4) is 0 Å². The summed E-state index contributed by atoms with van der Waals surface area (Å²) in [6, 6.07) is 6.61. The van der Waals surface area contributed by atoms with Crippen LogP contribution in [-0.4, -0.2) is 46.8 Å². The van der Waals surface area contributed by atoms with E-state index in [9.17, 15) is 14.0 Å². The maximum Gasteiger partial charge on any atom is 0.223 e. The fraction of sp³-hybridized carbons (Fsp3) is 0.636. The molecule has 3 rings (SSSR count). The molecule has 2 aliphatic rings. The van der Waals surface area contributed by atoms with Crippen LogP contribution in [0.15, 0.2) is 24.3 Å². The molecule has 0 unspecified atom stereocenters. The Balaban J connectivity index is 2.00. The number of fused-ring (bicyclic) bond motifs is 1. The zero-order valence-electron chi connectivity index (χ0n) is 16.7. The Morgan fingerprint density at radius 1 is 1.19 bits per heavy atom. The second-order valence-electron chi connectivity index (χ2n) is 8.43. The molecule has 3 atom stereocenters. The Morgan fingerprint density at radius 2 is 1.96 bits per heavy atom. The van der Waals surface area contributed by atoms with Gasteiger partial charge in [0.1, 0.15) is 5.82 Å². The van der Waals surface area contributed by atoms with Gasteiger partial charge in [-0.15, -0.1) is 0 Å². The van der Waals surface area contributed by atoms with Crippen LogP contribution in [0.4, 0.5) is 4.39 Å². The summed E-state index contributed by atoms with van der Waals surface area (Å²) in [4.78, 5) is 29.4. The maximum absolute atomic E-state index is 13.9. The molecule has 27 heavy (non-hydrogen) atoms. The Bertz CT molecular complexity index is 691. The third kappa shape index (κ3) is 4.33. The summed E-state index contributed by atoms with van der Waals surface area (Å²) in [6.07, 6.45) is 4.54. The number of hydrogen-bond donors (Lipinski definition) is 0. The van der Waals surface area contributed by atoms with Crippen LogP contribution in [0, 0.1) is 11.7 Å². The van der Waals surface area contributed by atoms with Crippen molar-refractivity contribution in [2.24, 2.45) is 5.92 Å². The van der Waals surface area contributed by atoms with Crippen LogP contribution < -0.4 is 0 Å². The largest absolute Gasteiger partial charge is 0.337 e. The molecule has 2 saturated heterocycles. The van der Waals surface area contributed by atoms with E-state index in [1.54, 1.807) is 19.1 Å². The summed E-state index contributed by atoms with van der Waals surface area (Å²) in [5, 5.41) is 0. The smallest absolute Gasteiger partial charge is 0.223 e. The van der Waals surface area contributed by atoms with Gasteiger partial charge in [0.25, 0.3) is 0 Å². The van der Waals surface area contributed by atoms with E-state index in [2.05, 4.69) is 13.8 Å². The standard InChI is InChI=1S/C22H31FN2O2/c1-15(2)12-21(27)25-14-19(17-8-7-9-18(23)13-17)22-20(25)10-5-4-6-11-24(22)16(3)26/h7-9,13,15,19-20,22H,4-6,10-12,14H2,1-3H3/t19-,20+,22-/m0/s1. The Morgan fingerprint density at radius 3 is 2.63 bits per heavy atom. The molecule has 5 heteroatoms. The Labute approximate surface area is 161 Å². The van der Waals surface area contributed by atoms with E-state index in [0.717, 1.165) is 31.2 Å². The average molecular weight is 375 g/mol. The Kier molecular flexibility index (Phi) is 6.18. The molecule has 4 nitrogen and oxygen atoms in total. The molecular formula is C22H31FN2O2. The molecule has 2 amide bonds. The molecular weight excluding hydrogens is 343 g/mol. The van der Waals surface area contributed by atoms with E-state index in [4.69, 9.17) is 0 Å². The third-order valence-corrected chi connectivity index (χ3v) is 5.94. The number of rotatable bonds is 3. The summed E-state index contributed by atoms with van der Waals surface area (Å²) >= 11 is 0. The van der Waals surface area contributed by atoms with Crippen molar-refractivity contribution in [1.82, 2.24) is 9.80 Å². The summed E-state index contributed by atoms with van der Waals surface area (Å²) in [5.41, 5.74) is 0.886. The molecule has 0 aromatic heterocycles. The third-order valence-electron chi connectivity index (χ3n) is 5.94. The number of likely N-dealkylation sites (tertiary alicyclic amines) is 2. The van der Waals surface area contributed by atoms with Gasteiger partial charge in [-0.3, -0.25) is 9.59 Å². The first-order valence-electron chi connectivity index (χ1n) is 10.2. The van der Waals surface area contributed by atoms with Gasteiger partial charge in [-0.2, -0.15) is 0 Å². The maximum atomic E-state index is 13.9. The average Bonchev–Trinajstić information content (AvgIpc) is 2.92. The normalized spacial score (nSPS) is 25.9. The van der Waals surface area contributed by atoms with E-state index in [0.29, 0.717) is 25.4 Å². The Hall–Kier alpha value is -1.91. The van der Waals surface area contributed by atoms with E-state index in [-0.39, 0.29) is 35.6 Å². The van der Waals surface area contributed by atoms with Crippen LogP contribution in [0.2, 0.25) is 0 Å². The summed E-state index contributed by atoms with van der Waals surface area (Å²) in [6.45, 7) is 6.99. The van der Waals surface area contributed by atoms with Crippen molar-refractivity contribution in [2.45, 2.75) is 70.9 Å². The van der Waals surface area contributed by atoms with Crippen LogP contribution in [0.25, 0.3) is 0 Å². The van der Waals surface area contributed by atoms with Crippen molar-refractivity contribution >= 4 is 11.8 Å². The van der Waals surface area contributed by atoms with Gasteiger partial charge in [0, 0.05) is 32.4 Å². The topological polar surface area (TPSA) is 40.6 Å². The van der Waals surface area contributed by atoms with Crippen LogP contribution in [0.5, 0.6) is 0 Å². The summed E-state index contributed by atoms with van der Waals surface area (Å²) < 4.78 is 13.9. The molecule has 148 valence electrons. The van der Waals surface area contributed by atoms with Crippen molar-refractivity contribution in [3.8, 4) is 0 Å². The number of benzene rings is 1. The molecule has 1 aromatic rings. The van der Waals surface area contributed by atoms with Gasteiger partial charge in [-0.05, 0) is 36.5 Å². The lowest BCUT2D eigenvalue weighted by molar-refractivity contribution is -0.137. The van der Waals surface area contributed by atoms with Crippen LogP contribution >= 0.6 is 0 Å². The van der Waals surface area contributed by atoms with Crippen molar-refractivity contribution < 1.29 is 14.0 Å². The molecule has 0 aliphatic carbocycles. The van der Waals surface area contributed by atoms with E-state index in [1.807, 2.05) is 15.9 Å². The lowest BCUT2D eigenvalue weighted by atomic mass is 9.86. The number of amides is 2. The van der Waals surface area contributed by atoms with Crippen molar-refractivity contribution in [3.63, 3.8) is 0 Å². The monoisotopic (exact) mass is 374 g/mol. The molecule has 2 aliphatic heterocycles. The lowest BCUT2D eigenvalue weighted by Crippen LogP contribution is -2.51. The van der Waals surface area contributed by atoms with Crippen molar-refractivity contribution in [2.75, 3.05) is 13.1 Å². The van der Waals surface area contributed by atoms with E-state index < -0.39 is 0 Å². The number of carbonyl (C=O) groups is 2. The highest BCUT2D eigenvalue weighted by Gasteiger charge is 2.47. The van der Waals surface area contributed by atoms with Gasteiger partial charge in [0.2, 0.25) is 11.8 Å². The van der Waals surface area contributed by atoms with Crippen LogP contribution in [0.1, 0.15) is 64.4 Å². The van der Waals surface area contributed by atoms with Gasteiger partial charge >= 0.3 is 0 Å². The number of carbonyl (C=O) groups excluding carboxylic acids is 2. The van der Waals surface area contributed by atoms with Crippen LogP contribution in [-0.2, 0) is 9.59 Å². The predicted molar refractivity (Wildman–Crippen MR) is 104 cm³/mol. The minimum absolute atomic E-state index is 0.0220. The van der Waals surface area contributed by atoms with Gasteiger partial charge in [0.15, 0.2) is 0 Å². The van der Waals surface area contributed by atoms with Gasteiger partial charge in [-0.25, -0.2) is 4.39 Å². The molecule has 1 aromatic carbocycles. The molecule has 2 heterocycles. The predicted octanol–water partition coefficient (Wildman–Crippen LogP) is 3.96. The first-order chi connectivity index (χ1) is 12.9. The summed E-state index contributed by atoms with van der Waals surface area (Å²) in [5.74, 6) is 0.191. The van der Waals surface area contributed by atoms with Crippen molar-refractivity contribution in [1.29, 1.82) is 0 Å². The van der Waals surface area contributed by atoms with Crippen molar-refractivity contribution in [3.05, 3.63) is 35.6 Å². The van der Waals surface area contributed by atoms with E-state index in [1.165, 1.54) is 6.07 Å². The minimum atomic E-state index is -0.267. The SMILES string of the molecule is CC(=O)N1CCCCC[C@@H]2[C@@H]1[C@H](c1cccc(F)c1)CN2C(=O)CC(C)C. The second kappa shape index (κ2) is 8.41. The fourth-order valence-electron chi connectivity index (χ4n) is 4.78. The summed E-state index contributed by atoms with van der Waals surface area (Å²) in [7, 11) is 0. The van der Waals surface area contributed by atoms with Gasteiger partial charge in [0.05, 0.1) is 12.1 Å². The number of halogens is 1. The molecule has 2 fully saturated rings. The molecule has 0 N–H and O–H groups in total. The zero-order valence-corrected chi connectivity index (χ0v) is 16.7. The highest BCUT2D eigenvalue weighted by atomic mass is 19.1. The second-order valence-corrected chi connectivity index (χ2v) is 8.43. The highest BCUT2D eigenvalue weighted by molar-refractivity contribution is 5.78. The molecule has 0 spiro atoms. The van der Waals surface area contributed by atoms with Gasteiger partial charge < -0.3 is 9.80 Å². The first kappa shape index (κ1) is 19.8. The van der Waals surface area contributed by atoms with Gasteiger partial charge in [-0.1, -0.05) is 38.8 Å². The van der Waals surface area contributed by atoms with E-state index >= 15 is 0 Å². The highest BCUT2D eigenvalue weighted by Crippen LogP contribution is 2.39. The number of hydrogen-bond acceptors (Lipinski definition) is 2. The minimum Gasteiger partial charge on any atom is -0.337 e. The first-order valence-corrected chi connectivity index (χ1v) is 10.2. The molecule has 0 saturated carbocycles. The lowest BCUT2D eigenvalue weighted by Gasteiger charge is -2.38. The molecule has 0 bridgehead atoms.